The minimum absolute atomic E-state index is 0.210. The highest BCUT2D eigenvalue weighted by molar-refractivity contribution is 6.32. The molecule has 1 aliphatic heterocycles. The van der Waals surface area contributed by atoms with Crippen molar-refractivity contribution in [1.82, 2.24) is 20.5 Å². The number of halogens is 1. The highest BCUT2D eigenvalue weighted by Gasteiger charge is 2.25. The van der Waals surface area contributed by atoms with Crippen LogP contribution in [-0.2, 0) is 0 Å². The molecule has 1 fully saturated rings. The Morgan fingerprint density at radius 3 is 2.73 bits per heavy atom. The molecule has 1 aliphatic rings. The van der Waals surface area contributed by atoms with Crippen molar-refractivity contribution in [3.63, 3.8) is 0 Å². The molecule has 0 spiro atoms. The lowest BCUT2D eigenvalue weighted by molar-refractivity contribution is 0.297. The van der Waals surface area contributed by atoms with E-state index >= 15 is 0 Å². The largest absolute Gasteiger partial charge is 0.497 e. The van der Waals surface area contributed by atoms with E-state index in [1.165, 1.54) is 5.56 Å². The van der Waals surface area contributed by atoms with Crippen LogP contribution in [0.1, 0.15) is 18.0 Å². The van der Waals surface area contributed by atoms with Gasteiger partial charge in [0.15, 0.2) is 5.96 Å². The molecule has 0 bridgehead atoms. The third kappa shape index (κ3) is 5.55. The molecule has 2 heterocycles. The molecule has 2 atom stereocenters. The molecule has 162 valence electrons. The van der Waals surface area contributed by atoms with Gasteiger partial charge in [-0.15, -0.1) is 0 Å². The minimum Gasteiger partial charge on any atom is -0.497 e. The summed E-state index contributed by atoms with van der Waals surface area (Å²) in [6, 6.07) is 12.4. The van der Waals surface area contributed by atoms with Gasteiger partial charge in [-0.25, -0.2) is 4.98 Å². The zero-order valence-corrected chi connectivity index (χ0v) is 18.9. The highest BCUT2D eigenvalue weighted by Crippen LogP contribution is 2.26. The number of rotatable bonds is 7. The number of anilines is 1. The number of benzene rings is 1. The average molecular weight is 431 g/mol. The van der Waals surface area contributed by atoms with Gasteiger partial charge in [-0.05, 0) is 50.3 Å². The average Bonchev–Trinajstić information content (AvgIpc) is 3.21. The smallest absolute Gasteiger partial charge is 0.191 e. The van der Waals surface area contributed by atoms with Gasteiger partial charge in [-0.2, -0.15) is 0 Å². The molecular formula is C22H31ClN6O. The summed E-state index contributed by atoms with van der Waals surface area (Å²) in [6.45, 7) is 2.49. The van der Waals surface area contributed by atoms with Gasteiger partial charge in [-0.3, -0.25) is 4.99 Å². The third-order valence-electron chi connectivity index (χ3n) is 5.38. The summed E-state index contributed by atoms with van der Waals surface area (Å²) in [6.07, 6.45) is 2.78. The molecule has 2 aromatic rings. The van der Waals surface area contributed by atoms with Crippen molar-refractivity contribution in [3.8, 4) is 5.75 Å². The van der Waals surface area contributed by atoms with Crippen LogP contribution in [0.2, 0.25) is 5.02 Å². The Morgan fingerprint density at radius 2 is 2.10 bits per heavy atom. The fourth-order valence-corrected chi connectivity index (χ4v) is 3.93. The maximum absolute atomic E-state index is 6.30. The number of aromatic nitrogens is 1. The van der Waals surface area contributed by atoms with E-state index in [1.807, 2.05) is 24.3 Å². The standard InChI is InChI=1S/C22H31ClN6O/c1-24-22(26-14-20(28(2)3)16-7-9-18(30-4)10-8-16)27-17-11-13-29(15-17)21-19(23)6-5-12-25-21/h5-10,12,17,20H,11,13-15H2,1-4H3,(H2,24,26,27). The molecule has 0 saturated carbocycles. The van der Waals surface area contributed by atoms with Crippen LogP contribution < -0.4 is 20.3 Å². The molecule has 2 N–H and O–H groups in total. The SMILES string of the molecule is CN=C(NCC(c1ccc(OC)cc1)N(C)C)NC1CCN(c2ncccc2Cl)C1. The summed E-state index contributed by atoms with van der Waals surface area (Å²) in [5.74, 6) is 2.51. The first kappa shape index (κ1) is 22.2. The van der Waals surface area contributed by atoms with Crippen molar-refractivity contribution < 1.29 is 4.74 Å². The monoisotopic (exact) mass is 430 g/mol. The zero-order valence-electron chi connectivity index (χ0n) is 18.1. The number of nitrogens with zero attached hydrogens (tertiary/aromatic N) is 4. The lowest BCUT2D eigenvalue weighted by Gasteiger charge is -2.27. The van der Waals surface area contributed by atoms with E-state index in [4.69, 9.17) is 16.3 Å². The summed E-state index contributed by atoms with van der Waals surface area (Å²) < 4.78 is 5.27. The maximum Gasteiger partial charge on any atom is 0.191 e. The first-order valence-corrected chi connectivity index (χ1v) is 10.5. The Labute approximate surface area is 184 Å². The summed E-state index contributed by atoms with van der Waals surface area (Å²) in [4.78, 5) is 13.3. The second-order valence-electron chi connectivity index (χ2n) is 7.59. The van der Waals surface area contributed by atoms with Gasteiger partial charge >= 0.3 is 0 Å². The molecule has 0 aliphatic carbocycles. The van der Waals surface area contributed by atoms with Crippen molar-refractivity contribution in [1.29, 1.82) is 0 Å². The van der Waals surface area contributed by atoms with Crippen LogP contribution in [-0.4, -0.2) is 69.8 Å². The number of guanidine groups is 1. The Morgan fingerprint density at radius 1 is 1.33 bits per heavy atom. The molecule has 0 radical (unpaired) electrons. The van der Waals surface area contributed by atoms with Crippen molar-refractivity contribution in [2.45, 2.75) is 18.5 Å². The molecule has 7 nitrogen and oxygen atoms in total. The Balaban J connectivity index is 1.56. The number of hydrogen-bond donors (Lipinski definition) is 2. The third-order valence-corrected chi connectivity index (χ3v) is 5.67. The molecule has 2 unspecified atom stereocenters. The van der Waals surface area contributed by atoms with Crippen LogP contribution in [0.4, 0.5) is 5.82 Å². The number of aliphatic imine (C=N–C) groups is 1. The number of pyridine rings is 1. The molecule has 1 saturated heterocycles. The van der Waals surface area contributed by atoms with E-state index in [9.17, 15) is 0 Å². The minimum atomic E-state index is 0.210. The predicted molar refractivity (Wildman–Crippen MR) is 124 cm³/mol. The fraction of sp³-hybridized carbons (Fsp3) is 0.455. The van der Waals surface area contributed by atoms with Crippen LogP contribution in [0.3, 0.4) is 0 Å². The summed E-state index contributed by atoms with van der Waals surface area (Å²) in [5, 5.41) is 7.70. The van der Waals surface area contributed by atoms with E-state index in [0.717, 1.165) is 43.6 Å². The molecule has 30 heavy (non-hydrogen) atoms. The Kier molecular flexibility index (Phi) is 7.76. The Bertz CT molecular complexity index is 842. The van der Waals surface area contributed by atoms with Crippen LogP contribution in [0.15, 0.2) is 47.6 Å². The van der Waals surface area contributed by atoms with Gasteiger partial charge in [0.1, 0.15) is 11.6 Å². The van der Waals surface area contributed by atoms with Crippen LogP contribution in [0.25, 0.3) is 0 Å². The second-order valence-corrected chi connectivity index (χ2v) is 8.00. The number of likely N-dealkylation sites (N-methyl/N-ethyl adjacent to an activating group) is 1. The van der Waals surface area contributed by atoms with E-state index in [0.29, 0.717) is 5.02 Å². The van der Waals surface area contributed by atoms with Gasteiger partial charge in [0.2, 0.25) is 0 Å². The molecule has 1 aromatic carbocycles. The van der Waals surface area contributed by atoms with Crippen LogP contribution in [0.5, 0.6) is 5.75 Å². The van der Waals surface area contributed by atoms with E-state index < -0.39 is 0 Å². The number of hydrogen-bond acceptors (Lipinski definition) is 5. The molecule has 3 rings (SSSR count). The van der Waals surface area contributed by atoms with Crippen molar-refractivity contribution >= 4 is 23.4 Å². The zero-order chi connectivity index (χ0) is 21.5. The van der Waals surface area contributed by atoms with Crippen LogP contribution >= 0.6 is 11.6 Å². The number of methoxy groups -OCH3 is 1. The van der Waals surface area contributed by atoms with Crippen molar-refractivity contribution in [2.75, 3.05) is 52.8 Å². The Hall–Kier alpha value is -2.51. The predicted octanol–water partition coefficient (Wildman–Crippen LogP) is 2.79. The molecule has 8 heteroatoms. The van der Waals surface area contributed by atoms with E-state index in [1.54, 1.807) is 20.4 Å². The number of ether oxygens (including phenoxy) is 1. The first-order valence-electron chi connectivity index (χ1n) is 10.1. The van der Waals surface area contributed by atoms with E-state index in [2.05, 4.69) is 56.6 Å². The summed E-state index contributed by atoms with van der Waals surface area (Å²) >= 11 is 6.30. The number of nitrogens with one attached hydrogen (secondary N) is 2. The molecule has 0 amide bonds. The lowest BCUT2D eigenvalue weighted by atomic mass is 10.1. The van der Waals surface area contributed by atoms with Gasteiger partial charge in [-0.1, -0.05) is 23.7 Å². The normalized spacial score (nSPS) is 17.9. The molecule has 1 aromatic heterocycles. The summed E-state index contributed by atoms with van der Waals surface area (Å²) in [7, 11) is 7.65. The topological polar surface area (TPSA) is 65.0 Å². The van der Waals surface area contributed by atoms with Crippen molar-refractivity contribution in [3.05, 3.63) is 53.2 Å². The lowest BCUT2D eigenvalue weighted by Crippen LogP contribution is -2.46. The van der Waals surface area contributed by atoms with Crippen molar-refractivity contribution in [2.24, 2.45) is 4.99 Å². The van der Waals surface area contributed by atoms with Crippen LogP contribution in [0, 0.1) is 0 Å². The van der Waals surface area contributed by atoms with Gasteiger partial charge in [0.05, 0.1) is 18.2 Å². The molecular weight excluding hydrogens is 400 g/mol. The highest BCUT2D eigenvalue weighted by atomic mass is 35.5. The first-order chi connectivity index (χ1) is 14.5. The van der Waals surface area contributed by atoms with Gasteiger partial charge < -0.3 is 25.2 Å². The summed E-state index contributed by atoms with van der Waals surface area (Å²) in [5.41, 5.74) is 1.22. The van der Waals surface area contributed by atoms with Gasteiger partial charge in [0.25, 0.3) is 0 Å². The second kappa shape index (κ2) is 10.5. The fourth-order valence-electron chi connectivity index (χ4n) is 3.69. The van der Waals surface area contributed by atoms with E-state index in [-0.39, 0.29) is 12.1 Å². The van der Waals surface area contributed by atoms with Gasteiger partial charge in [0, 0.05) is 38.9 Å². The quantitative estimate of drug-likeness (QED) is 0.520. The maximum atomic E-state index is 6.30.